The van der Waals surface area contributed by atoms with Gasteiger partial charge >= 0.3 is 5.97 Å². The largest absolute Gasteiger partial charge is 0.494 e. The minimum absolute atomic E-state index is 0.364. The molecule has 0 amide bonds. The highest BCUT2D eigenvalue weighted by Gasteiger charge is 2.15. The van der Waals surface area contributed by atoms with Crippen molar-refractivity contribution in [3.8, 4) is 28.6 Å². The fourth-order valence-corrected chi connectivity index (χ4v) is 4.25. The third-order valence-electron chi connectivity index (χ3n) is 5.90. The predicted molar refractivity (Wildman–Crippen MR) is 144 cm³/mol. The molecule has 0 aliphatic heterocycles. The summed E-state index contributed by atoms with van der Waals surface area (Å²) in [5.41, 5.74) is 4.49. The Labute approximate surface area is 216 Å². The average Bonchev–Trinajstić information content (AvgIpc) is 3.28. The zero-order chi connectivity index (χ0) is 25.6. The van der Waals surface area contributed by atoms with Crippen LogP contribution in [0.4, 0.5) is 0 Å². The summed E-state index contributed by atoms with van der Waals surface area (Å²) < 4.78 is 19.0. The van der Waals surface area contributed by atoms with Gasteiger partial charge < -0.3 is 18.8 Å². The van der Waals surface area contributed by atoms with E-state index in [9.17, 15) is 4.79 Å². The van der Waals surface area contributed by atoms with Crippen LogP contribution >= 0.6 is 0 Å². The van der Waals surface area contributed by atoms with Crippen molar-refractivity contribution in [2.24, 2.45) is 0 Å². The Bertz CT molecular complexity index is 1480. The lowest BCUT2D eigenvalue weighted by molar-refractivity contribution is 0.0733. The second-order valence-corrected chi connectivity index (χ2v) is 8.47. The third-order valence-corrected chi connectivity index (χ3v) is 5.90. The van der Waals surface area contributed by atoms with Gasteiger partial charge in [-0.15, -0.1) is 0 Å². The number of carbonyl (C=O) groups excluding carboxylic acids is 1. The van der Waals surface area contributed by atoms with Gasteiger partial charge in [-0.25, -0.2) is 9.78 Å². The van der Waals surface area contributed by atoms with Crippen LogP contribution in [0.5, 0.6) is 17.2 Å². The molecule has 37 heavy (non-hydrogen) atoms. The van der Waals surface area contributed by atoms with Gasteiger partial charge in [0.25, 0.3) is 0 Å². The summed E-state index contributed by atoms with van der Waals surface area (Å²) in [4.78, 5) is 17.8. The molecule has 0 fully saturated rings. The Balaban J connectivity index is 1.41. The summed E-state index contributed by atoms with van der Waals surface area (Å²) in [6.07, 6.45) is 0. The van der Waals surface area contributed by atoms with E-state index in [1.165, 1.54) is 5.56 Å². The topological polar surface area (TPSA) is 62.6 Å². The molecule has 1 aromatic heterocycles. The summed E-state index contributed by atoms with van der Waals surface area (Å²) in [7, 11) is 0. The molecule has 5 aromatic rings. The molecule has 5 rings (SSSR count). The van der Waals surface area contributed by atoms with Gasteiger partial charge in [0, 0.05) is 18.2 Å². The van der Waals surface area contributed by atoms with E-state index in [0.29, 0.717) is 42.6 Å². The molecule has 0 saturated heterocycles. The molecule has 186 valence electrons. The number of ether oxygens (including phenoxy) is 3. The highest BCUT2D eigenvalue weighted by Crippen LogP contribution is 2.29. The van der Waals surface area contributed by atoms with E-state index >= 15 is 0 Å². The number of hydrogen-bond acceptors (Lipinski definition) is 5. The van der Waals surface area contributed by atoms with E-state index in [0.717, 1.165) is 22.4 Å². The molecule has 4 aromatic carbocycles. The van der Waals surface area contributed by atoms with Crippen molar-refractivity contribution >= 4 is 17.0 Å². The van der Waals surface area contributed by atoms with Gasteiger partial charge in [0.05, 0.1) is 29.8 Å². The molecule has 1 heterocycles. The zero-order valence-electron chi connectivity index (χ0n) is 20.9. The number of imidazole rings is 1. The Hall–Kier alpha value is -4.58. The minimum Gasteiger partial charge on any atom is -0.494 e. The molecule has 0 saturated carbocycles. The van der Waals surface area contributed by atoms with Crippen LogP contribution < -0.4 is 14.2 Å². The molecule has 0 atom stereocenters. The first-order chi connectivity index (χ1) is 18.1. The van der Waals surface area contributed by atoms with E-state index in [1.54, 1.807) is 30.3 Å². The number of aromatic nitrogens is 2. The molecule has 0 aliphatic rings. The fourth-order valence-electron chi connectivity index (χ4n) is 4.25. The molecule has 0 N–H and O–H groups in total. The van der Waals surface area contributed by atoms with Crippen LogP contribution in [0.1, 0.15) is 29.8 Å². The standard InChI is InChI=1S/C31H28N2O4/c1-3-35-26-18-24(19-27(20-26)36-4-2)31(34)37-25-16-14-23(15-17-25)30-32-28-12-8-9-13-29(28)33(30)21-22-10-6-5-7-11-22/h5-20H,3-4,21H2,1-2H3. The summed E-state index contributed by atoms with van der Waals surface area (Å²) in [5.74, 6) is 1.95. The van der Waals surface area contributed by atoms with Crippen molar-refractivity contribution in [2.45, 2.75) is 20.4 Å². The van der Waals surface area contributed by atoms with Crippen molar-refractivity contribution in [1.82, 2.24) is 9.55 Å². The Morgan fingerprint density at radius 3 is 2.08 bits per heavy atom. The van der Waals surface area contributed by atoms with Crippen molar-refractivity contribution < 1.29 is 19.0 Å². The molecule has 0 radical (unpaired) electrons. The smallest absolute Gasteiger partial charge is 0.343 e. The van der Waals surface area contributed by atoms with Crippen LogP contribution in [0.15, 0.2) is 97.1 Å². The maximum atomic E-state index is 12.9. The van der Waals surface area contributed by atoms with Crippen molar-refractivity contribution in [3.63, 3.8) is 0 Å². The average molecular weight is 493 g/mol. The first-order valence-electron chi connectivity index (χ1n) is 12.4. The van der Waals surface area contributed by atoms with Crippen molar-refractivity contribution in [2.75, 3.05) is 13.2 Å². The summed E-state index contributed by atoms with van der Waals surface area (Å²) in [6, 6.07) is 30.9. The van der Waals surface area contributed by atoms with Gasteiger partial charge in [0.15, 0.2) is 0 Å². The fraction of sp³-hybridized carbons (Fsp3) is 0.161. The van der Waals surface area contributed by atoms with Gasteiger partial charge in [-0.1, -0.05) is 42.5 Å². The lowest BCUT2D eigenvalue weighted by atomic mass is 10.1. The molecule has 6 heteroatoms. The molecule has 0 aliphatic carbocycles. The Kier molecular flexibility index (Phi) is 7.17. The SMILES string of the molecule is CCOc1cc(OCC)cc(C(=O)Oc2ccc(-c3nc4ccccc4n3Cc3ccccc3)cc2)c1. The van der Waals surface area contributed by atoms with E-state index in [1.807, 2.05) is 62.4 Å². The molecule has 6 nitrogen and oxygen atoms in total. The third kappa shape index (κ3) is 5.48. The number of carbonyl (C=O) groups is 1. The normalized spacial score (nSPS) is 10.9. The number of hydrogen-bond donors (Lipinski definition) is 0. The monoisotopic (exact) mass is 492 g/mol. The maximum Gasteiger partial charge on any atom is 0.343 e. The number of para-hydroxylation sites is 2. The minimum atomic E-state index is -0.480. The lowest BCUT2D eigenvalue weighted by Crippen LogP contribution is -2.09. The van der Waals surface area contributed by atoms with E-state index in [4.69, 9.17) is 19.2 Å². The van der Waals surface area contributed by atoms with Crippen LogP contribution in [0.3, 0.4) is 0 Å². The van der Waals surface area contributed by atoms with Crippen LogP contribution in [-0.2, 0) is 6.54 Å². The molecular formula is C31H28N2O4. The highest BCUT2D eigenvalue weighted by atomic mass is 16.5. The van der Waals surface area contributed by atoms with Gasteiger partial charge in [-0.2, -0.15) is 0 Å². The number of benzene rings is 4. The lowest BCUT2D eigenvalue weighted by Gasteiger charge is -2.12. The quantitative estimate of drug-likeness (QED) is 0.168. The molecular weight excluding hydrogens is 464 g/mol. The van der Waals surface area contributed by atoms with Crippen molar-refractivity contribution in [3.05, 3.63) is 108 Å². The first kappa shape index (κ1) is 24.1. The highest BCUT2D eigenvalue weighted by molar-refractivity contribution is 5.92. The summed E-state index contributed by atoms with van der Waals surface area (Å²) in [5, 5.41) is 0. The van der Waals surface area contributed by atoms with Gasteiger partial charge in [0.2, 0.25) is 0 Å². The molecule has 0 unspecified atom stereocenters. The maximum absolute atomic E-state index is 12.9. The van der Waals surface area contributed by atoms with Gasteiger partial charge in [0.1, 0.15) is 23.1 Å². The Morgan fingerprint density at radius 1 is 0.757 bits per heavy atom. The van der Waals surface area contributed by atoms with Gasteiger partial charge in [-0.05, 0) is 67.9 Å². The number of nitrogens with zero attached hydrogens (tertiary/aromatic N) is 2. The van der Waals surface area contributed by atoms with E-state index in [2.05, 4.69) is 22.8 Å². The van der Waals surface area contributed by atoms with Crippen LogP contribution in [-0.4, -0.2) is 28.7 Å². The zero-order valence-corrected chi connectivity index (χ0v) is 20.9. The summed E-state index contributed by atoms with van der Waals surface area (Å²) >= 11 is 0. The van der Waals surface area contributed by atoms with E-state index < -0.39 is 5.97 Å². The summed E-state index contributed by atoms with van der Waals surface area (Å²) in [6.45, 7) is 5.45. The number of fused-ring (bicyclic) bond motifs is 1. The second kappa shape index (κ2) is 11.0. The van der Waals surface area contributed by atoms with Gasteiger partial charge in [-0.3, -0.25) is 0 Å². The number of rotatable bonds is 9. The van der Waals surface area contributed by atoms with Crippen molar-refractivity contribution in [1.29, 1.82) is 0 Å². The predicted octanol–water partition coefficient (Wildman–Crippen LogP) is 6.77. The molecule has 0 bridgehead atoms. The van der Waals surface area contributed by atoms with Crippen LogP contribution in [0.2, 0.25) is 0 Å². The second-order valence-electron chi connectivity index (χ2n) is 8.47. The Morgan fingerprint density at radius 2 is 1.41 bits per heavy atom. The van der Waals surface area contributed by atoms with Crippen LogP contribution in [0.25, 0.3) is 22.4 Å². The van der Waals surface area contributed by atoms with Crippen LogP contribution in [0, 0.1) is 0 Å². The van der Waals surface area contributed by atoms with E-state index in [-0.39, 0.29) is 0 Å². The number of esters is 1. The molecule has 0 spiro atoms. The first-order valence-corrected chi connectivity index (χ1v) is 12.4.